The number of hydrogen-bond donors (Lipinski definition) is 3. The number of carbonyl (C=O) groups excluding carboxylic acids is 1. The largest absolute Gasteiger partial charge is 0.391 e. The quantitative estimate of drug-likeness (QED) is 0.683. The van der Waals surface area contributed by atoms with Gasteiger partial charge in [-0.25, -0.2) is 4.79 Å². The van der Waals surface area contributed by atoms with E-state index in [0.717, 1.165) is 18.5 Å². The van der Waals surface area contributed by atoms with E-state index >= 15 is 0 Å². The van der Waals surface area contributed by atoms with Crippen molar-refractivity contribution in [3.05, 3.63) is 35.4 Å². The third kappa shape index (κ3) is 7.68. The molecule has 5 heteroatoms. The Morgan fingerprint density at radius 3 is 2.38 bits per heavy atom. The zero-order valence-electron chi connectivity index (χ0n) is 13.2. The Hall–Kier alpha value is -1.59. The highest BCUT2D eigenvalue weighted by Gasteiger charge is 2.05. The number of aliphatic hydroxyl groups is 1. The van der Waals surface area contributed by atoms with Gasteiger partial charge in [0, 0.05) is 19.6 Å². The maximum Gasteiger partial charge on any atom is 0.315 e. The van der Waals surface area contributed by atoms with Crippen LogP contribution in [0.4, 0.5) is 4.79 Å². The standard InChI is InChI=1S/C16H27N3O2/c1-4-5-15(20)11-18-16(21)17-10-13-6-8-14(9-7-13)12-19(2)3/h6-9,15,20H,4-5,10-12H2,1-3H3,(H2,17,18,21). The number of hydrogen-bond acceptors (Lipinski definition) is 3. The minimum Gasteiger partial charge on any atom is -0.391 e. The molecule has 0 saturated heterocycles. The number of nitrogens with zero attached hydrogens (tertiary/aromatic N) is 1. The summed E-state index contributed by atoms with van der Waals surface area (Å²) in [4.78, 5) is 13.7. The minimum absolute atomic E-state index is 0.248. The molecule has 1 rings (SSSR count). The van der Waals surface area contributed by atoms with Gasteiger partial charge in [-0.05, 0) is 31.6 Å². The van der Waals surface area contributed by atoms with Gasteiger partial charge in [0.15, 0.2) is 0 Å². The normalized spacial score (nSPS) is 12.2. The molecule has 3 N–H and O–H groups in total. The number of urea groups is 1. The van der Waals surface area contributed by atoms with E-state index in [9.17, 15) is 9.90 Å². The number of nitrogens with one attached hydrogen (secondary N) is 2. The molecule has 0 aliphatic carbocycles. The van der Waals surface area contributed by atoms with E-state index < -0.39 is 6.10 Å². The van der Waals surface area contributed by atoms with Crippen LogP contribution in [-0.4, -0.2) is 42.8 Å². The highest BCUT2D eigenvalue weighted by molar-refractivity contribution is 5.73. The highest BCUT2D eigenvalue weighted by atomic mass is 16.3. The summed E-state index contributed by atoms with van der Waals surface area (Å²) in [5.41, 5.74) is 2.30. The Kier molecular flexibility index (Phi) is 7.79. The van der Waals surface area contributed by atoms with Gasteiger partial charge in [-0.2, -0.15) is 0 Å². The minimum atomic E-state index is -0.467. The molecule has 5 nitrogen and oxygen atoms in total. The van der Waals surface area contributed by atoms with Crippen LogP contribution < -0.4 is 10.6 Å². The molecular weight excluding hydrogens is 266 g/mol. The molecule has 0 aliphatic rings. The summed E-state index contributed by atoms with van der Waals surface area (Å²) in [6.07, 6.45) is 1.14. The van der Waals surface area contributed by atoms with Crippen molar-refractivity contribution in [1.29, 1.82) is 0 Å². The first-order valence-corrected chi connectivity index (χ1v) is 7.43. The van der Waals surface area contributed by atoms with E-state index in [1.54, 1.807) is 0 Å². The second-order valence-corrected chi connectivity index (χ2v) is 5.56. The molecule has 0 bridgehead atoms. The molecule has 1 atom stereocenters. The van der Waals surface area contributed by atoms with Gasteiger partial charge >= 0.3 is 6.03 Å². The van der Waals surface area contributed by atoms with Crippen LogP contribution in [0, 0.1) is 0 Å². The van der Waals surface area contributed by atoms with Gasteiger partial charge in [-0.15, -0.1) is 0 Å². The third-order valence-electron chi connectivity index (χ3n) is 3.09. The van der Waals surface area contributed by atoms with Crippen LogP contribution in [0.5, 0.6) is 0 Å². The summed E-state index contributed by atoms with van der Waals surface area (Å²) in [7, 11) is 4.07. The van der Waals surface area contributed by atoms with E-state index in [1.807, 2.05) is 33.2 Å². The lowest BCUT2D eigenvalue weighted by Gasteiger charge is -2.12. The maximum atomic E-state index is 11.6. The predicted octanol–water partition coefficient (Wildman–Crippen LogP) is 1.71. The van der Waals surface area contributed by atoms with Crippen molar-refractivity contribution in [2.45, 2.75) is 39.0 Å². The number of carbonyl (C=O) groups is 1. The fraction of sp³-hybridized carbons (Fsp3) is 0.562. The lowest BCUT2D eigenvalue weighted by atomic mass is 10.1. The zero-order chi connectivity index (χ0) is 15.7. The van der Waals surface area contributed by atoms with Crippen molar-refractivity contribution in [2.75, 3.05) is 20.6 Å². The average molecular weight is 293 g/mol. The molecular formula is C16H27N3O2. The molecule has 0 spiro atoms. The first-order valence-electron chi connectivity index (χ1n) is 7.43. The molecule has 2 amide bonds. The smallest absolute Gasteiger partial charge is 0.315 e. The van der Waals surface area contributed by atoms with E-state index in [1.165, 1.54) is 5.56 Å². The van der Waals surface area contributed by atoms with Crippen LogP contribution >= 0.6 is 0 Å². The molecule has 21 heavy (non-hydrogen) atoms. The Bertz CT molecular complexity index is 418. The van der Waals surface area contributed by atoms with Gasteiger partial charge in [0.25, 0.3) is 0 Å². The van der Waals surface area contributed by atoms with Crippen molar-refractivity contribution in [3.8, 4) is 0 Å². The lowest BCUT2D eigenvalue weighted by molar-refractivity contribution is 0.160. The SMILES string of the molecule is CCCC(O)CNC(=O)NCc1ccc(CN(C)C)cc1. The first-order chi connectivity index (χ1) is 10.0. The van der Waals surface area contributed by atoms with Crippen molar-refractivity contribution >= 4 is 6.03 Å². The summed E-state index contributed by atoms with van der Waals surface area (Å²) in [6, 6.07) is 7.93. The van der Waals surface area contributed by atoms with E-state index in [-0.39, 0.29) is 6.03 Å². The fourth-order valence-corrected chi connectivity index (χ4v) is 2.02. The second kappa shape index (κ2) is 9.37. The van der Waals surface area contributed by atoms with Gasteiger partial charge in [0.2, 0.25) is 0 Å². The molecule has 0 aromatic heterocycles. The number of rotatable bonds is 8. The van der Waals surface area contributed by atoms with Crippen molar-refractivity contribution in [3.63, 3.8) is 0 Å². The molecule has 0 fully saturated rings. The van der Waals surface area contributed by atoms with Gasteiger partial charge in [0.1, 0.15) is 0 Å². The summed E-state index contributed by atoms with van der Waals surface area (Å²) < 4.78 is 0. The van der Waals surface area contributed by atoms with Gasteiger partial charge in [-0.1, -0.05) is 37.6 Å². The number of benzene rings is 1. The second-order valence-electron chi connectivity index (χ2n) is 5.56. The predicted molar refractivity (Wildman–Crippen MR) is 85.0 cm³/mol. The monoisotopic (exact) mass is 293 g/mol. The first kappa shape index (κ1) is 17.5. The van der Waals surface area contributed by atoms with E-state index in [4.69, 9.17) is 0 Å². The lowest BCUT2D eigenvalue weighted by Crippen LogP contribution is -2.39. The topological polar surface area (TPSA) is 64.6 Å². The van der Waals surface area contributed by atoms with Gasteiger partial charge in [0.05, 0.1) is 6.10 Å². The van der Waals surface area contributed by atoms with Gasteiger partial charge < -0.3 is 20.6 Å². The Labute approximate surface area is 127 Å². The summed E-state index contributed by atoms with van der Waals surface area (Å²) in [6.45, 7) is 3.69. The number of amides is 2. The third-order valence-corrected chi connectivity index (χ3v) is 3.09. The average Bonchev–Trinajstić information content (AvgIpc) is 2.44. The number of aliphatic hydroxyl groups excluding tert-OH is 1. The van der Waals surface area contributed by atoms with Crippen LogP contribution in [0.2, 0.25) is 0 Å². The molecule has 0 radical (unpaired) electrons. The van der Waals surface area contributed by atoms with E-state index in [2.05, 4.69) is 27.7 Å². The van der Waals surface area contributed by atoms with Crippen LogP contribution in [0.3, 0.4) is 0 Å². The van der Waals surface area contributed by atoms with Crippen LogP contribution in [0.15, 0.2) is 24.3 Å². The fourth-order valence-electron chi connectivity index (χ4n) is 2.02. The molecule has 1 aromatic carbocycles. The summed E-state index contributed by atoms with van der Waals surface area (Å²) in [5, 5.41) is 15.0. The summed E-state index contributed by atoms with van der Waals surface area (Å²) >= 11 is 0. The van der Waals surface area contributed by atoms with Gasteiger partial charge in [-0.3, -0.25) is 0 Å². The molecule has 0 aliphatic heterocycles. The Morgan fingerprint density at radius 1 is 1.19 bits per heavy atom. The Morgan fingerprint density at radius 2 is 1.81 bits per heavy atom. The molecule has 1 unspecified atom stereocenters. The summed E-state index contributed by atoms with van der Waals surface area (Å²) in [5.74, 6) is 0. The van der Waals surface area contributed by atoms with Crippen molar-refractivity contribution in [1.82, 2.24) is 15.5 Å². The van der Waals surface area contributed by atoms with Crippen molar-refractivity contribution in [2.24, 2.45) is 0 Å². The Balaban J connectivity index is 2.29. The van der Waals surface area contributed by atoms with E-state index in [0.29, 0.717) is 19.5 Å². The van der Waals surface area contributed by atoms with Crippen LogP contribution in [0.1, 0.15) is 30.9 Å². The molecule has 1 aromatic rings. The molecule has 0 heterocycles. The maximum absolute atomic E-state index is 11.6. The molecule has 0 saturated carbocycles. The zero-order valence-corrected chi connectivity index (χ0v) is 13.2. The van der Waals surface area contributed by atoms with Crippen molar-refractivity contribution < 1.29 is 9.90 Å². The van der Waals surface area contributed by atoms with Crippen LogP contribution in [0.25, 0.3) is 0 Å². The van der Waals surface area contributed by atoms with Crippen LogP contribution in [-0.2, 0) is 13.1 Å². The molecule has 118 valence electrons. The highest BCUT2D eigenvalue weighted by Crippen LogP contribution is 2.05.